The molecule has 0 unspecified atom stereocenters. The highest BCUT2D eigenvalue weighted by Gasteiger charge is 2.10. The lowest BCUT2D eigenvalue weighted by Gasteiger charge is -2.04. The van der Waals surface area contributed by atoms with Crippen LogP contribution in [0.3, 0.4) is 0 Å². The third kappa shape index (κ3) is 2.40. The lowest BCUT2D eigenvalue weighted by Crippen LogP contribution is -1.94. The van der Waals surface area contributed by atoms with Gasteiger partial charge in [-0.1, -0.05) is 30.0 Å². The van der Waals surface area contributed by atoms with Crippen LogP contribution in [0, 0.1) is 0 Å². The second-order valence-corrected chi connectivity index (χ2v) is 7.19. The van der Waals surface area contributed by atoms with E-state index in [1.54, 1.807) is 11.8 Å². The summed E-state index contributed by atoms with van der Waals surface area (Å²) < 4.78 is 3.51. The fourth-order valence-electron chi connectivity index (χ4n) is 2.58. The summed E-state index contributed by atoms with van der Waals surface area (Å²) in [6.45, 7) is 3.05. The van der Waals surface area contributed by atoms with Crippen molar-refractivity contribution in [2.45, 2.75) is 24.2 Å². The Hall–Kier alpha value is -1.85. The number of fused-ring (bicyclic) bond motifs is 2. The molecule has 3 nitrogen and oxygen atoms in total. The first-order valence-corrected chi connectivity index (χ1v) is 9.05. The largest absolute Gasteiger partial charge is 0.329 e. The number of hydrogen-bond donors (Lipinski definition) is 0. The maximum atomic E-state index is 4.56. The predicted molar refractivity (Wildman–Crippen MR) is 94.6 cm³/mol. The molecule has 4 rings (SSSR count). The summed E-state index contributed by atoms with van der Waals surface area (Å²) in [5.74, 6) is 0.945. The molecule has 3 aromatic heterocycles. The summed E-state index contributed by atoms with van der Waals surface area (Å²) in [4.78, 5) is 10.4. The smallest absolute Gasteiger partial charge is 0.122 e. The number of imidazole rings is 1. The fourth-order valence-corrected chi connectivity index (χ4v) is 4.71. The average molecular weight is 325 g/mol. The Labute approximate surface area is 137 Å². The van der Waals surface area contributed by atoms with Gasteiger partial charge in [0.05, 0.1) is 11.8 Å². The Morgan fingerprint density at radius 1 is 1.18 bits per heavy atom. The van der Waals surface area contributed by atoms with E-state index < -0.39 is 0 Å². The van der Waals surface area contributed by atoms with Crippen molar-refractivity contribution in [1.82, 2.24) is 14.5 Å². The molecule has 4 aromatic rings. The molecule has 0 radical (unpaired) electrons. The van der Waals surface area contributed by atoms with Crippen LogP contribution in [0.4, 0.5) is 0 Å². The van der Waals surface area contributed by atoms with Crippen molar-refractivity contribution in [1.29, 1.82) is 0 Å². The average Bonchev–Trinajstić information content (AvgIpc) is 3.16. The maximum absolute atomic E-state index is 4.56. The Bertz CT molecular complexity index is 906. The molecule has 110 valence electrons. The molecule has 1 aromatic carbocycles. The highest BCUT2D eigenvalue weighted by molar-refractivity contribution is 7.98. The molecule has 3 heterocycles. The van der Waals surface area contributed by atoms with E-state index >= 15 is 0 Å². The van der Waals surface area contributed by atoms with E-state index in [0.717, 1.165) is 28.4 Å². The van der Waals surface area contributed by atoms with Gasteiger partial charge in [-0.25, -0.2) is 9.97 Å². The monoisotopic (exact) mass is 325 g/mol. The highest BCUT2D eigenvalue weighted by atomic mass is 32.2. The molecular weight excluding hydrogens is 310 g/mol. The summed E-state index contributed by atoms with van der Waals surface area (Å²) in [6, 6.07) is 12.8. The number of pyridine rings is 1. The molecule has 0 atom stereocenters. The topological polar surface area (TPSA) is 30.7 Å². The summed E-state index contributed by atoms with van der Waals surface area (Å²) in [7, 11) is 0. The van der Waals surface area contributed by atoms with E-state index in [2.05, 4.69) is 51.8 Å². The molecule has 0 bridgehead atoms. The number of hydrogen-bond acceptors (Lipinski definition) is 4. The van der Waals surface area contributed by atoms with E-state index in [9.17, 15) is 0 Å². The normalized spacial score (nSPS) is 11.5. The minimum atomic E-state index is 0.915. The zero-order valence-electron chi connectivity index (χ0n) is 12.2. The molecule has 22 heavy (non-hydrogen) atoms. The van der Waals surface area contributed by atoms with Gasteiger partial charge < -0.3 is 4.57 Å². The molecule has 0 aliphatic heterocycles. The zero-order valence-corrected chi connectivity index (χ0v) is 13.8. The van der Waals surface area contributed by atoms with Crippen LogP contribution in [0.1, 0.15) is 11.8 Å². The summed E-state index contributed by atoms with van der Waals surface area (Å²) in [6.07, 6.45) is 3.75. The van der Waals surface area contributed by atoms with Gasteiger partial charge in [0.1, 0.15) is 10.5 Å². The van der Waals surface area contributed by atoms with Gasteiger partial charge in [-0.3, -0.25) is 0 Å². The SMILES string of the molecule is CCn1cnc2ccnc(SCc3cc4ccccc4s3)c21. The van der Waals surface area contributed by atoms with Crippen LogP contribution in [0.25, 0.3) is 21.1 Å². The minimum absolute atomic E-state index is 0.915. The van der Waals surface area contributed by atoms with Crippen LogP contribution < -0.4 is 0 Å². The molecule has 5 heteroatoms. The molecule has 0 fully saturated rings. The van der Waals surface area contributed by atoms with Gasteiger partial charge in [0.25, 0.3) is 0 Å². The van der Waals surface area contributed by atoms with E-state index in [4.69, 9.17) is 0 Å². The first kappa shape index (κ1) is 13.8. The van der Waals surface area contributed by atoms with Crippen molar-refractivity contribution in [3.05, 3.63) is 53.8 Å². The van der Waals surface area contributed by atoms with E-state index in [0.29, 0.717) is 0 Å². The number of rotatable bonds is 4. The molecular formula is C17H15N3S2. The Balaban J connectivity index is 1.64. The van der Waals surface area contributed by atoms with Crippen LogP contribution in [-0.4, -0.2) is 14.5 Å². The van der Waals surface area contributed by atoms with Gasteiger partial charge in [0.2, 0.25) is 0 Å². The standard InChI is InChI=1S/C17H15N3S2/c1-2-20-11-19-14-7-8-18-17(16(14)20)21-10-13-9-12-5-3-4-6-15(12)22-13/h3-9,11H,2,10H2,1H3. The molecule has 0 saturated heterocycles. The van der Waals surface area contributed by atoms with Crippen molar-refractivity contribution in [3.63, 3.8) is 0 Å². The first-order chi connectivity index (χ1) is 10.8. The van der Waals surface area contributed by atoms with Gasteiger partial charge in [0.15, 0.2) is 0 Å². The summed E-state index contributed by atoms with van der Waals surface area (Å²) in [5, 5.41) is 2.39. The van der Waals surface area contributed by atoms with Crippen molar-refractivity contribution in [2.75, 3.05) is 0 Å². The minimum Gasteiger partial charge on any atom is -0.329 e. The van der Waals surface area contributed by atoms with Crippen molar-refractivity contribution < 1.29 is 0 Å². The van der Waals surface area contributed by atoms with Crippen LogP contribution in [0.5, 0.6) is 0 Å². The number of nitrogens with zero attached hydrogens (tertiary/aromatic N) is 3. The van der Waals surface area contributed by atoms with E-state index in [1.165, 1.54) is 15.0 Å². The van der Waals surface area contributed by atoms with Crippen LogP contribution in [-0.2, 0) is 12.3 Å². The number of thioether (sulfide) groups is 1. The lowest BCUT2D eigenvalue weighted by molar-refractivity contribution is 0.778. The first-order valence-electron chi connectivity index (χ1n) is 7.25. The van der Waals surface area contributed by atoms with Crippen molar-refractivity contribution in [3.8, 4) is 0 Å². The number of aryl methyl sites for hydroxylation is 1. The number of aromatic nitrogens is 3. The van der Waals surface area contributed by atoms with Gasteiger partial charge >= 0.3 is 0 Å². The Morgan fingerprint density at radius 2 is 2.09 bits per heavy atom. The quantitative estimate of drug-likeness (QED) is 0.497. The number of thiophene rings is 1. The molecule has 0 saturated carbocycles. The number of benzene rings is 1. The van der Waals surface area contributed by atoms with Gasteiger partial charge in [-0.2, -0.15) is 0 Å². The molecule has 0 amide bonds. The molecule has 0 aliphatic carbocycles. The van der Waals surface area contributed by atoms with E-state index in [-0.39, 0.29) is 0 Å². The molecule has 0 spiro atoms. The Morgan fingerprint density at radius 3 is 2.95 bits per heavy atom. The van der Waals surface area contributed by atoms with Crippen LogP contribution in [0.15, 0.2) is 53.9 Å². The second-order valence-electron chi connectivity index (χ2n) is 5.05. The highest BCUT2D eigenvalue weighted by Crippen LogP contribution is 2.32. The zero-order chi connectivity index (χ0) is 14.9. The van der Waals surface area contributed by atoms with Crippen molar-refractivity contribution >= 4 is 44.2 Å². The second kappa shape index (κ2) is 5.74. The van der Waals surface area contributed by atoms with Gasteiger partial charge in [0, 0.05) is 28.1 Å². The molecule has 0 N–H and O–H groups in total. The predicted octanol–water partition coefficient (Wildman–Crippen LogP) is 4.96. The maximum Gasteiger partial charge on any atom is 0.122 e. The van der Waals surface area contributed by atoms with Crippen molar-refractivity contribution in [2.24, 2.45) is 0 Å². The van der Waals surface area contributed by atoms with E-state index in [1.807, 2.05) is 29.9 Å². The summed E-state index contributed by atoms with van der Waals surface area (Å²) in [5.41, 5.74) is 2.17. The lowest BCUT2D eigenvalue weighted by atomic mass is 10.2. The molecule has 0 aliphatic rings. The van der Waals surface area contributed by atoms with Crippen LogP contribution >= 0.6 is 23.1 Å². The third-order valence-electron chi connectivity index (χ3n) is 3.66. The van der Waals surface area contributed by atoms with Gasteiger partial charge in [-0.15, -0.1) is 11.3 Å². The third-order valence-corrected chi connectivity index (χ3v) is 5.99. The fraction of sp³-hybridized carbons (Fsp3) is 0.176. The Kier molecular flexibility index (Phi) is 3.60. The summed E-state index contributed by atoms with van der Waals surface area (Å²) >= 11 is 3.65. The van der Waals surface area contributed by atoms with Crippen LogP contribution in [0.2, 0.25) is 0 Å². The van der Waals surface area contributed by atoms with Gasteiger partial charge in [-0.05, 0) is 30.5 Å².